The maximum absolute atomic E-state index is 14.1. The van der Waals surface area contributed by atoms with Gasteiger partial charge in [0.25, 0.3) is 5.91 Å². The number of aliphatic hydroxyl groups excluding tert-OH is 1. The molecule has 6 rings (SSSR count). The summed E-state index contributed by atoms with van der Waals surface area (Å²) in [5.41, 5.74) is 11.4. The average Bonchev–Trinajstić information content (AvgIpc) is 0.955. The molecular weight excluding hydrogens is 1760 g/mol. The fourth-order valence-corrected chi connectivity index (χ4v) is 13.2. The van der Waals surface area contributed by atoms with Gasteiger partial charge >= 0.3 is 11.9 Å². The van der Waals surface area contributed by atoms with Gasteiger partial charge in [-0.1, -0.05) is 55.2 Å². The van der Waals surface area contributed by atoms with E-state index in [2.05, 4.69) is 60.6 Å². The van der Waals surface area contributed by atoms with Crippen LogP contribution in [0.3, 0.4) is 0 Å². The molecule has 0 unspecified atom stereocenters. The predicted octanol–water partition coefficient (Wildman–Crippen LogP) is 6.82. The normalized spacial score (nSPS) is 12.7. The van der Waals surface area contributed by atoms with Gasteiger partial charge < -0.3 is 131 Å². The van der Waals surface area contributed by atoms with E-state index >= 15 is 0 Å². The minimum atomic E-state index is -3.71. The number of amidine groups is 1. The van der Waals surface area contributed by atoms with Crippen LogP contribution in [0, 0.1) is 40.4 Å². The van der Waals surface area contributed by atoms with Crippen LogP contribution in [-0.2, 0) is 124 Å². The second kappa shape index (κ2) is 75.9. The number of carbonyl (C=O) groups excluding carboxylic acids is 2. The highest BCUT2D eigenvalue weighted by molar-refractivity contribution is 7.89. The number of fused-ring (bicyclic) bond motifs is 1. The number of carboxylic acids is 1. The highest BCUT2D eigenvalue weighted by Crippen LogP contribution is 2.34. The molecule has 40 heteroatoms. The highest BCUT2D eigenvalue weighted by atomic mass is 32.2. The van der Waals surface area contributed by atoms with Crippen molar-refractivity contribution in [2.24, 2.45) is 31.6 Å². The van der Waals surface area contributed by atoms with Crippen molar-refractivity contribution in [1.29, 1.82) is 10.5 Å². The number of carboxylic acid groups (broad SMARTS) is 1. The lowest BCUT2D eigenvalue weighted by molar-refractivity contribution is -0.156. The van der Waals surface area contributed by atoms with Gasteiger partial charge in [0, 0.05) is 55.4 Å². The van der Waals surface area contributed by atoms with Crippen molar-refractivity contribution >= 4 is 68.8 Å². The molecule has 1 fully saturated rings. The number of nitriles is 2. The Kier molecular flexibility index (Phi) is 65.3. The largest absolute Gasteiger partial charge is 0.481 e. The van der Waals surface area contributed by atoms with Gasteiger partial charge in [-0.2, -0.15) is 19.8 Å². The van der Waals surface area contributed by atoms with Crippen molar-refractivity contribution in [3.63, 3.8) is 0 Å². The third kappa shape index (κ3) is 57.6. The third-order valence-electron chi connectivity index (χ3n) is 18.1. The molecule has 2 aliphatic rings. The van der Waals surface area contributed by atoms with E-state index < -0.39 is 21.6 Å². The first kappa shape index (κ1) is 115. The molecule has 134 heavy (non-hydrogen) atoms. The number of aliphatic carboxylic acids is 1. The fraction of sp³-hybridized carbons (Fsp3) is 0.617. The molecule has 0 saturated carbocycles. The van der Waals surface area contributed by atoms with E-state index in [0.717, 1.165) is 5.56 Å². The molecule has 0 atom stereocenters. The number of guanidine groups is 1. The summed E-state index contributed by atoms with van der Waals surface area (Å²) in [6, 6.07) is 33.0. The molecule has 2 aliphatic heterocycles. The van der Waals surface area contributed by atoms with Crippen molar-refractivity contribution < 1.29 is 132 Å². The zero-order valence-corrected chi connectivity index (χ0v) is 79.0. The molecule has 4 aromatic rings. The van der Waals surface area contributed by atoms with Crippen molar-refractivity contribution in [3.8, 4) is 35.1 Å². The summed E-state index contributed by atoms with van der Waals surface area (Å²) >= 11 is 0. The summed E-state index contributed by atoms with van der Waals surface area (Å²) in [4.78, 5) is 55.3. The number of nitrogens with two attached hydrogens (primary N) is 1. The molecule has 0 bridgehead atoms. The Labute approximate surface area is 788 Å². The Morgan fingerprint density at radius 1 is 0.530 bits per heavy atom. The van der Waals surface area contributed by atoms with E-state index in [1.54, 1.807) is 71.6 Å². The van der Waals surface area contributed by atoms with Crippen LogP contribution in [0.4, 0.5) is 17.1 Å². The van der Waals surface area contributed by atoms with E-state index in [0.29, 0.717) is 335 Å². The Balaban J connectivity index is 0.000000542. The number of sulfonamides is 1. The second-order valence-corrected chi connectivity index (χ2v) is 32.0. The monoisotopic (exact) mass is 1900 g/mol. The minimum Gasteiger partial charge on any atom is -0.481 e. The molecule has 1 amide bonds. The molecule has 0 aromatic heterocycles. The summed E-state index contributed by atoms with van der Waals surface area (Å²) in [5, 5.41) is 42.7. The number of esters is 1. The zero-order valence-electron chi connectivity index (χ0n) is 78.2. The third-order valence-corrected chi connectivity index (χ3v) is 20.0. The van der Waals surface area contributed by atoms with E-state index in [4.69, 9.17) is 116 Å². The number of benzene rings is 4. The summed E-state index contributed by atoms with van der Waals surface area (Å²) in [6.45, 7) is 27.0. The number of anilines is 1. The van der Waals surface area contributed by atoms with Crippen LogP contribution < -0.4 is 16.4 Å². The smallest absolute Gasteiger partial charge is 0.308 e. The standard InChI is InChI=1S/C59H82N8O16S.C35H57N3O12/c1-2-16-66(58(71)52-39-51-12-11-50(41-55(51)65-56(61)42-52)49-8-6-10-54(40-49)84(72,73)67-44-48(45-67)46-68)17-4-3-14-62-59(64-53-9-5-7-47(38-53)43-60)63-15-19-75-21-23-77-25-27-79-29-31-81-33-35-83-37-36-82-34-32-80-30-28-78-26-24-76-22-20-74-18-13-57(69)70;1-35(2,3)50-34(39)7-9-40-11-13-42-15-17-44-19-21-46-23-25-48-27-28-49-26-24-47-22-20-45-18-16-43-14-12-41-10-8-37-31-38-33-6-4-5-32(29-33)30-36/h5-12,38-41,48,68H,2,13-37,42,44-46H2,1H3,(H2,61,65)(H,69,70)(H2,62,63,64);4-6,29H,7-28H2,1-3H3. The van der Waals surface area contributed by atoms with Crippen LogP contribution in [-0.4, -0.2) is 386 Å². The Morgan fingerprint density at radius 3 is 1.40 bits per heavy atom. The van der Waals surface area contributed by atoms with Crippen LogP contribution >= 0.6 is 0 Å². The number of nitrogens with one attached hydrogen (secondary N) is 2. The highest BCUT2D eigenvalue weighted by Gasteiger charge is 2.36. The number of amides is 1. The number of hydrogen-bond donors (Lipinski definition) is 5. The van der Waals surface area contributed by atoms with Gasteiger partial charge in [0.2, 0.25) is 10.0 Å². The summed E-state index contributed by atoms with van der Waals surface area (Å²) in [5.74, 6) is 5.49. The number of hydrogen-bond acceptors (Lipinski definition) is 34. The molecule has 1 saturated heterocycles. The molecular formula is C94H139N11O28S. The van der Waals surface area contributed by atoms with Gasteiger partial charge in [0.05, 0.1) is 349 Å². The molecule has 6 N–H and O–H groups in total. The average molecular weight is 1900 g/mol. The first-order valence-corrected chi connectivity index (χ1v) is 46.7. The van der Waals surface area contributed by atoms with E-state index in [1.165, 1.54) is 4.31 Å². The van der Waals surface area contributed by atoms with Crippen molar-refractivity contribution in [2.45, 2.75) is 63.9 Å². The van der Waals surface area contributed by atoms with Gasteiger partial charge in [0.15, 0.2) is 5.96 Å². The second-order valence-electron chi connectivity index (χ2n) is 30.1. The molecule has 0 aliphatic carbocycles. The van der Waals surface area contributed by atoms with Gasteiger partial charge in [-0.15, -0.1) is 0 Å². The molecule has 39 nitrogen and oxygen atoms in total. The molecule has 4 aromatic carbocycles. The summed E-state index contributed by atoms with van der Waals surface area (Å²) < 4.78 is 143. The Morgan fingerprint density at radius 2 is 0.955 bits per heavy atom. The van der Waals surface area contributed by atoms with Crippen LogP contribution in [0.1, 0.15) is 70.1 Å². The number of carbonyl (C=O) groups is 3. The maximum atomic E-state index is 14.1. The number of ether oxygens (including phenoxy) is 21. The van der Waals surface area contributed by atoms with E-state index in [1.807, 2.05) is 58.0 Å². The molecule has 2 heterocycles. The van der Waals surface area contributed by atoms with Crippen LogP contribution in [0.2, 0.25) is 0 Å². The first-order valence-electron chi connectivity index (χ1n) is 45.2. The first-order chi connectivity index (χ1) is 65.4. The van der Waals surface area contributed by atoms with Gasteiger partial charge in [0.1, 0.15) is 11.4 Å². The number of aliphatic imine (C=N–C) groups is 4. The van der Waals surface area contributed by atoms with Gasteiger partial charge in [-0.05, 0) is 99.0 Å². The summed E-state index contributed by atoms with van der Waals surface area (Å²) in [6.07, 6.45) is 2.84. The minimum absolute atomic E-state index is 0.0204. The van der Waals surface area contributed by atoms with Gasteiger partial charge in [-0.25, -0.2) is 18.4 Å². The maximum Gasteiger partial charge on any atom is 0.308 e. The summed E-state index contributed by atoms with van der Waals surface area (Å²) in [7, 11) is -3.71. The Hall–Kier alpha value is -9.24. The number of rotatable bonds is 77. The fourth-order valence-electron chi connectivity index (χ4n) is 11.5. The lowest BCUT2D eigenvalue weighted by atomic mass is 10.0. The zero-order chi connectivity index (χ0) is 96.1. The van der Waals surface area contributed by atoms with Crippen molar-refractivity contribution in [2.75, 3.05) is 322 Å². The van der Waals surface area contributed by atoms with Gasteiger partial charge in [-0.3, -0.25) is 19.4 Å². The molecule has 0 radical (unpaired) electrons. The molecule has 0 spiro atoms. The lowest BCUT2D eigenvalue weighted by Crippen LogP contribution is -2.51. The quantitative estimate of drug-likeness (QED) is 0.00995. The lowest BCUT2D eigenvalue weighted by Gasteiger charge is -2.36. The Bertz CT molecular complexity index is 4300. The molecule has 744 valence electrons. The van der Waals surface area contributed by atoms with Crippen molar-refractivity contribution in [1.82, 2.24) is 14.5 Å². The topological polar surface area (TPSA) is 473 Å². The van der Waals surface area contributed by atoms with Crippen LogP contribution in [0.25, 0.3) is 17.2 Å². The van der Waals surface area contributed by atoms with Crippen molar-refractivity contribution in [3.05, 3.63) is 113 Å². The SMILES string of the molecule is CC(C)(C)OC(=O)CCOCCOCCOCCOCCOCCOCCOCCOCCOCCOCCN=C=Nc1cccc(C#N)c1.CCCN(CC#CCNC(=NCCOCCOCCOCCOCCOCCOCCOCCOCCOCCOCCC(=O)O)Nc1cccc(C#N)c1)C(=O)C1=Cc2ccc(-c3cccc(S(=O)(=O)N4CC(CO)C4)c3)cc2N=C(N)C1. The number of nitrogens with zero attached hydrogens (tertiary/aromatic N) is 8. The van der Waals surface area contributed by atoms with Crippen LogP contribution in [0.5, 0.6) is 0 Å². The van der Waals surface area contributed by atoms with E-state index in [-0.39, 0.29) is 87.2 Å². The predicted molar refractivity (Wildman–Crippen MR) is 499 cm³/mol. The number of aliphatic hydroxyl groups is 1. The van der Waals surface area contributed by atoms with Crippen LogP contribution in [0.15, 0.2) is 121 Å². The van der Waals surface area contributed by atoms with E-state index in [9.17, 15) is 33.2 Å².